The first-order valence-corrected chi connectivity index (χ1v) is 6.16. The van der Waals surface area contributed by atoms with E-state index in [1.165, 1.54) is 26.6 Å². The Labute approximate surface area is 87.5 Å². The SMILES string of the molecule is CCCC1=PC(c2ccccc2)C=C1. The van der Waals surface area contributed by atoms with E-state index in [4.69, 9.17) is 0 Å². The summed E-state index contributed by atoms with van der Waals surface area (Å²) < 4.78 is 0. The number of hydrogen-bond donors (Lipinski definition) is 0. The Hall–Kier alpha value is -0.870. The van der Waals surface area contributed by atoms with E-state index in [9.17, 15) is 0 Å². The van der Waals surface area contributed by atoms with Gasteiger partial charge < -0.3 is 0 Å². The minimum Gasteiger partial charge on any atom is -0.0885 e. The second-order valence-electron chi connectivity index (χ2n) is 3.59. The molecule has 0 aromatic heterocycles. The lowest BCUT2D eigenvalue weighted by Gasteiger charge is -2.03. The zero-order chi connectivity index (χ0) is 9.80. The molecule has 1 aromatic carbocycles. The Morgan fingerprint density at radius 3 is 2.71 bits per heavy atom. The van der Waals surface area contributed by atoms with E-state index >= 15 is 0 Å². The van der Waals surface area contributed by atoms with E-state index in [0.717, 1.165) is 0 Å². The summed E-state index contributed by atoms with van der Waals surface area (Å²) in [5, 5.41) is 1.58. The molecule has 0 saturated carbocycles. The summed E-state index contributed by atoms with van der Waals surface area (Å²) in [7, 11) is 1.49. The maximum absolute atomic E-state index is 2.34. The van der Waals surface area contributed by atoms with Crippen molar-refractivity contribution < 1.29 is 0 Å². The third-order valence-electron chi connectivity index (χ3n) is 2.42. The van der Waals surface area contributed by atoms with Gasteiger partial charge in [0.1, 0.15) is 0 Å². The number of benzene rings is 1. The average molecular weight is 202 g/mol. The summed E-state index contributed by atoms with van der Waals surface area (Å²) in [5.74, 6) is 0. The minimum absolute atomic E-state index is 0.609. The van der Waals surface area contributed by atoms with Gasteiger partial charge in [-0.2, -0.15) is 0 Å². The molecule has 2 rings (SSSR count). The third-order valence-corrected chi connectivity index (χ3v) is 3.88. The Balaban J connectivity index is 2.13. The molecule has 0 radical (unpaired) electrons. The van der Waals surface area contributed by atoms with E-state index in [0.29, 0.717) is 5.66 Å². The van der Waals surface area contributed by atoms with Crippen LogP contribution in [0.2, 0.25) is 0 Å². The van der Waals surface area contributed by atoms with Crippen LogP contribution in [0.1, 0.15) is 31.0 Å². The minimum atomic E-state index is 0.609. The van der Waals surface area contributed by atoms with Crippen molar-refractivity contribution in [3.05, 3.63) is 48.0 Å². The van der Waals surface area contributed by atoms with E-state index in [1.54, 1.807) is 5.29 Å². The first kappa shape index (κ1) is 9.68. The standard InChI is InChI=1S/C13H15P/c1-2-6-12-9-10-13(14-12)11-7-4-3-5-8-11/h3-5,7-10,13H,2,6H2,1H3. The molecule has 1 aliphatic heterocycles. The lowest BCUT2D eigenvalue weighted by Crippen LogP contribution is -1.84. The van der Waals surface area contributed by atoms with Crippen LogP contribution in [-0.4, -0.2) is 5.29 Å². The smallest absolute Gasteiger partial charge is 0.0444 e. The van der Waals surface area contributed by atoms with Crippen LogP contribution in [0.25, 0.3) is 0 Å². The van der Waals surface area contributed by atoms with Crippen LogP contribution >= 0.6 is 8.20 Å². The van der Waals surface area contributed by atoms with Crippen LogP contribution in [0.3, 0.4) is 0 Å². The molecule has 0 amide bonds. The highest BCUT2D eigenvalue weighted by Crippen LogP contribution is 2.35. The normalized spacial score (nSPS) is 20.9. The lowest BCUT2D eigenvalue weighted by atomic mass is 10.1. The van der Waals surface area contributed by atoms with E-state index < -0.39 is 0 Å². The molecule has 1 aromatic rings. The van der Waals surface area contributed by atoms with Crippen molar-refractivity contribution in [2.24, 2.45) is 0 Å². The highest BCUT2D eigenvalue weighted by molar-refractivity contribution is 7.42. The lowest BCUT2D eigenvalue weighted by molar-refractivity contribution is 1.01. The topological polar surface area (TPSA) is 0 Å². The molecule has 0 aliphatic carbocycles. The molecule has 1 aliphatic rings. The van der Waals surface area contributed by atoms with Crippen molar-refractivity contribution in [1.82, 2.24) is 0 Å². The van der Waals surface area contributed by atoms with E-state index in [2.05, 4.69) is 49.4 Å². The monoisotopic (exact) mass is 202 g/mol. The van der Waals surface area contributed by atoms with Crippen LogP contribution in [0.15, 0.2) is 42.5 Å². The van der Waals surface area contributed by atoms with Crippen molar-refractivity contribution in [1.29, 1.82) is 0 Å². The molecule has 1 heteroatoms. The van der Waals surface area contributed by atoms with Gasteiger partial charge in [0.15, 0.2) is 0 Å². The largest absolute Gasteiger partial charge is 0.0885 e. The zero-order valence-electron chi connectivity index (χ0n) is 8.48. The van der Waals surface area contributed by atoms with Gasteiger partial charge in [-0.1, -0.05) is 64.0 Å². The third kappa shape index (κ3) is 2.13. The van der Waals surface area contributed by atoms with Gasteiger partial charge in [-0.15, -0.1) is 0 Å². The number of hydrogen-bond acceptors (Lipinski definition) is 0. The molecule has 72 valence electrons. The summed E-state index contributed by atoms with van der Waals surface area (Å²) in [6.07, 6.45) is 7.15. The predicted octanol–water partition coefficient (Wildman–Crippen LogP) is 4.22. The Morgan fingerprint density at radius 2 is 2.00 bits per heavy atom. The molecular formula is C13H15P. The second-order valence-corrected chi connectivity index (χ2v) is 4.97. The van der Waals surface area contributed by atoms with Gasteiger partial charge in [-0.05, 0) is 17.3 Å². The molecule has 0 nitrogen and oxygen atoms in total. The highest BCUT2D eigenvalue weighted by atomic mass is 31.1. The Bertz CT molecular complexity index is 349. The second kappa shape index (κ2) is 4.57. The fraction of sp³-hybridized carbons (Fsp3) is 0.308. The van der Waals surface area contributed by atoms with Gasteiger partial charge in [0.25, 0.3) is 0 Å². The fourth-order valence-corrected chi connectivity index (χ4v) is 3.08. The van der Waals surface area contributed by atoms with Crippen LogP contribution in [0.5, 0.6) is 0 Å². The molecular weight excluding hydrogens is 187 g/mol. The predicted molar refractivity (Wildman–Crippen MR) is 65.2 cm³/mol. The molecule has 1 heterocycles. The van der Waals surface area contributed by atoms with Crippen molar-refractivity contribution in [2.75, 3.05) is 0 Å². The number of rotatable bonds is 3. The van der Waals surface area contributed by atoms with Gasteiger partial charge in [-0.25, -0.2) is 0 Å². The molecule has 0 spiro atoms. The molecule has 0 bridgehead atoms. The van der Waals surface area contributed by atoms with Crippen molar-refractivity contribution in [2.45, 2.75) is 25.4 Å². The number of allylic oxidation sites excluding steroid dienone is 2. The highest BCUT2D eigenvalue weighted by Gasteiger charge is 2.10. The van der Waals surface area contributed by atoms with Gasteiger partial charge in [-0.3, -0.25) is 0 Å². The maximum atomic E-state index is 2.34. The summed E-state index contributed by atoms with van der Waals surface area (Å²) in [6.45, 7) is 2.24. The molecule has 1 atom stereocenters. The fourth-order valence-electron chi connectivity index (χ4n) is 1.71. The van der Waals surface area contributed by atoms with Crippen LogP contribution in [-0.2, 0) is 0 Å². The summed E-state index contributed by atoms with van der Waals surface area (Å²) in [5.41, 5.74) is 2.05. The summed E-state index contributed by atoms with van der Waals surface area (Å²) >= 11 is 0. The first-order valence-electron chi connectivity index (χ1n) is 5.20. The van der Waals surface area contributed by atoms with Crippen LogP contribution in [0, 0.1) is 0 Å². The zero-order valence-corrected chi connectivity index (χ0v) is 9.37. The van der Waals surface area contributed by atoms with Gasteiger partial charge in [0, 0.05) is 5.66 Å². The Kier molecular flexibility index (Phi) is 3.16. The van der Waals surface area contributed by atoms with Crippen molar-refractivity contribution >= 4 is 13.5 Å². The van der Waals surface area contributed by atoms with E-state index in [1.807, 2.05) is 0 Å². The Morgan fingerprint density at radius 1 is 1.21 bits per heavy atom. The molecule has 0 fully saturated rings. The van der Waals surface area contributed by atoms with Crippen LogP contribution < -0.4 is 0 Å². The molecule has 0 N–H and O–H groups in total. The summed E-state index contributed by atoms with van der Waals surface area (Å²) in [4.78, 5) is 0. The van der Waals surface area contributed by atoms with Gasteiger partial charge >= 0.3 is 0 Å². The quantitative estimate of drug-likeness (QED) is 0.644. The van der Waals surface area contributed by atoms with Crippen molar-refractivity contribution in [3.63, 3.8) is 0 Å². The maximum Gasteiger partial charge on any atom is 0.0444 e. The summed E-state index contributed by atoms with van der Waals surface area (Å²) in [6, 6.07) is 10.8. The molecule has 1 unspecified atom stereocenters. The van der Waals surface area contributed by atoms with Crippen molar-refractivity contribution in [3.8, 4) is 0 Å². The first-order chi connectivity index (χ1) is 6.90. The van der Waals surface area contributed by atoms with E-state index in [-0.39, 0.29) is 0 Å². The average Bonchev–Trinajstić information content (AvgIpc) is 2.68. The van der Waals surface area contributed by atoms with Gasteiger partial charge in [0.2, 0.25) is 0 Å². The molecule has 0 saturated heterocycles. The molecule has 14 heavy (non-hydrogen) atoms. The van der Waals surface area contributed by atoms with Crippen LogP contribution in [0.4, 0.5) is 0 Å². The van der Waals surface area contributed by atoms with Gasteiger partial charge in [0.05, 0.1) is 0 Å².